The molecule has 0 aliphatic rings. The van der Waals surface area contributed by atoms with Gasteiger partial charge in [0.05, 0.1) is 25.0 Å². The molecular formula is C17H18FNO6S. The number of carbonyl (C=O) groups excluding carboxylic acids is 1. The topological polar surface area (TPSA) is 93.1 Å². The molecular weight excluding hydrogens is 365 g/mol. The second-order valence-corrected chi connectivity index (χ2v) is 6.56. The third-order valence-corrected chi connectivity index (χ3v) is 4.32. The van der Waals surface area contributed by atoms with Gasteiger partial charge in [-0.2, -0.15) is 8.42 Å². The summed E-state index contributed by atoms with van der Waals surface area (Å²) in [6.07, 6.45) is 0. The Balaban J connectivity index is 2.64. The van der Waals surface area contributed by atoms with Crippen molar-refractivity contribution >= 4 is 27.6 Å². The molecule has 2 rings (SSSR count). The van der Waals surface area contributed by atoms with Crippen molar-refractivity contribution in [1.82, 2.24) is 0 Å². The molecule has 0 fully saturated rings. The van der Waals surface area contributed by atoms with E-state index in [1.807, 2.05) is 0 Å². The Kier molecular flexibility index (Phi) is 5.83. The maximum Gasteiger partial charge on any atom is 0.364 e. The first kappa shape index (κ1) is 19.7. The number of benzene rings is 2. The zero-order valence-corrected chi connectivity index (χ0v) is 15.2. The number of esters is 1. The molecule has 0 aliphatic heterocycles. The summed E-state index contributed by atoms with van der Waals surface area (Å²) in [5.74, 6) is -1.66. The highest BCUT2D eigenvalue weighted by Crippen LogP contribution is 2.38. The van der Waals surface area contributed by atoms with Crippen molar-refractivity contribution < 1.29 is 31.6 Å². The largest absolute Gasteiger partial charge is 0.495 e. The first-order valence-corrected chi connectivity index (χ1v) is 8.97. The van der Waals surface area contributed by atoms with Crippen molar-refractivity contribution in [2.45, 2.75) is 13.8 Å². The van der Waals surface area contributed by atoms with Crippen LogP contribution >= 0.6 is 0 Å². The van der Waals surface area contributed by atoms with Crippen molar-refractivity contribution in [1.29, 1.82) is 0 Å². The third-order valence-electron chi connectivity index (χ3n) is 3.46. The van der Waals surface area contributed by atoms with Gasteiger partial charge in [0.1, 0.15) is 17.3 Å². The lowest BCUT2D eigenvalue weighted by Crippen LogP contribution is -2.27. The van der Waals surface area contributed by atoms with Gasteiger partial charge in [-0.3, -0.25) is 4.55 Å². The molecule has 0 saturated carbocycles. The SMILES string of the molecule is CCOC(=O)c1ccc(N(c2cc(C)ccc2OC)S(=O)(=O)O)c(F)c1. The van der Waals surface area contributed by atoms with Crippen molar-refractivity contribution in [3.05, 3.63) is 53.3 Å². The van der Waals surface area contributed by atoms with E-state index >= 15 is 0 Å². The summed E-state index contributed by atoms with van der Waals surface area (Å²) in [4.78, 5) is 11.7. The number of hydrogen-bond donors (Lipinski definition) is 1. The molecule has 140 valence electrons. The Morgan fingerprint density at radius 3 is 2.42 bits per heavy atom. The maximum absolute atomic E-state index is 14.6. The Bertz CT molecular complexity index is 929. The van der Waals surface area contributed by atoms with E-state index in [9.17, 15) is 22.2 Å². The summed E-state index contributed by atoms with van der Waals surface area (Å²) in [6.45, 7) is 3.41. The highest BCUT2D eigenvalue weighted by Gasteiger charge is 2.28. The minimum Gasteiger partial charge on any atom is -0.495 e. The molecule has 0 spiro atoms. The van der Waals surface area contributed by atoms with Crippen LogP contribution in [0.3, 0.4) is 0 Å². The lowest BCUT2D eigenvalue weighted by atomic mass is 10.1. The zero-order valence-electron chi connectivity index (χ0n) is 14.4. The Labute approximate surface area is 150 Å². The average molecular weight is 383 g/mol. The van der Waals surface area contributed by atoms with Crippen LogP contribution in [0.1, 0.15) is 22.8 Å². The van der Waals surface area contributed by atoms with Crippen molar-refractivity contribution in [3.63, 3.8) is 0 Å². The van der Waals surface area contributed by atoms with Crippen LogP contribution in [0, 0.1) is 12.7 Å². The highest BCUT2D eigenvalue weighted by atomic mass is 32.2. The second kappa shape index (κ2) is 7.71. The first-order valence-electron chi connectivity index (χ1n) is 7.58. The summed E-state index contributed by atoms with van der Waals surface area (Å²) in [5, 5.41) is 0. The van der Waals surface area contributed by atoms with E-state index in [1.54, 1.807) is 19.9 Å². The van der Waals surface area contributed by atoms with Gasteiger partial charge in [-0.1, -0.05) is 6.07 Å². The van der Waals surface area contributed by atoms with Crippen molar-refractivity contribution in [2.24, 2.45) is 0 Å². The lowest BCUT2D eigenvalue weighted by molar-refractivity contribution is 0.0526. The second-order valence-electron chi connectivity index (χ2n) is 5.30. The van der Waals surface area contributed by atoms with Crippen LogP contribution in [0.2, 0.25) is 0 Å². The number of methoxy groups -OCH3 is 1. The Hall–Kier alpha value is -2.65. The van der Waals surface area contributed by atoms with Gasteiger partial charge in [-0.15, -0.1) is 0 Å². The van der Waals surface area contributed by atoms with Crippen LogP contribution in [0.15, 0.2) is 36.4 Å². The van der Waals surface area contributed by atoms with E-state index in [2.05, 4.69) is 0 Å². The minimum atomic E-state index is -4.89. The van der Waals surface area contributed by atoms with Gasteiger partial charge in [-0.25, -0.2) is 13.5 Å². The molecule has 0 saturated heterocycles. The van der Waals surface area contributed by atoms with Crippen LogP contribution in [-0.2, 0) is 15.0 Å². The van der Waals surface area contributed by atoms with E-state index in [0.29, 0.717) is 9.87 Å². The van der Waals surface area contributed by atoms with E-state index in [4.69, 9.17) is 9.47 Å². The van der Waals surface area contributed by atoms with Gasteiger partial charge in [0.25, 0.3) is 0 Å². The molecule has 0 aliphatic carbocycles. The van der Waals surface area contributed by atoms with Crippen LogP contribution in [0.5, 0.6) is 5.75 Å². The quantitative estimate of drug-likeness (QED) is 0.608. The Morgan fingerprint density at radius 1 is 1.19 bits per heavy atom. The maximum atomic E-state index is 14.6. The molecule has 2 aromatic carbocycles. The fourth-order valence-electron chi connectivity index (χ4n) is 2.35. The van der Waals surface area contributed by atoms with Crippen LogP contribution in [-0.4, -0.2) is 32.7 Å². The predicted octanol–water partition coefficient (Wildman–Crippen LogP) is 3.26. The number of rotatable bonds is 6. The summed E-state index contributed by atoms with van der Waals surface area (Å²) in [6, 6.07) is 7.70. The van der Waals surface area contributed by atoms with Gasteiger partial charge in [0.15, 0.2) is 0 Å². The van der Waals surface area contributed by atoms with E-state index < -0.39 is 27.8 Å². The normalized spacial score (nSPS) is 11.1. The zero-order chi connectivity index (χ0) is 19.5. The fourth-order valence-corrected chi connectivity index (χ4v) is 3.14. The molecule has 0 radical (unpaired) electrons. The predicted molar refractivity (Wildman–Crippen MR) is 93.8 cm³/mol. The summed E-state index contributed by atoms with van der Waals surface area (Å²) >= 11 is 0. The monoisotopic (exact) mass is 383 g/mol. The van der Waals surface area contributed by atoms with E-state index in [0.717, 1.165) is 12.1 Å². The first-order chi connectivity index (χ1) is 12.2. The molecule has 9 heteroatoms. The van der Waals surface area contributed by atoms with Crippen molar-refractivity contribution in [2.75, 3.05) is 18.0 Å². The standard InChI is InChI=1S/C17H18FNO6S/c1-4-25-17(20)12-6-7-14(13(18)10-12)19(26(21,22)23)15-9-11(2)5-8-16(15)24-3/h5-10H,4H2,1-3H3,(H,21,22,23). The molecule has 0 bridgehead atoms. The number of ether oxygens (including phenoxy) is 2. The average Bonchev–Trinajstić information content (AvgIpc) is 2.56. The number of aryl methyl sites for hydroxylation is 1. The van der Waals surface area contributed by atoms with Gasteiger partial charge in [0.2, 0.25) is 0 Å². The van der Waals surface area contributed by atoms with Gasteiger partial charge in [0, 0.05) is 0 Å². The molecule has 1 N–H and O–H groups in total. The Morgan fingerprint density at radius 2 is 1.88 bits per heavy atom. The minimum absolute atomic E-state index is 0.0715. The van der Waals surface area contributed by atoms with Crippen LogP contribution in [0.4, 0.5) is 15.8 Å². The number of nitrogens with zero attached hydrogens (tertiary/aromatic N) is 1. The number of hydrogen-bond acceptors (Lipinski definition) is 5. The lowest BCUT2D eigenvalue weighted by Gasteiger charge is -2.24. The molecule has 2 aromatic rings. The van der Waals surface area contributed by atoms with E-state index in [1.165, 1.54) is 25.3 Å². The van der Waals surface area contributed by atoms with Gasteiger partial charge >= 0.3 is 16.3 Å². The molecule has 0 heterocycles. The van der Waals surface area contributed by atoms with Gasteiger partial charge < -0.3 is 9.47 Å². The summed E-state index contributed by atoms with van der Waals surface area (Å²) < 4.78 is 58.5. The van der Waals surface area contributed by atoms with E-state index in [-0.39, 0.29) is 23.6 Å². The highest BCUT2D eigenvalue weighted by molar-refractivity contribution is 7.87. The molecule has 0 amide bonds. The van der Waals surface area contributed by atoms with Crippen LogP contribution < -0.4 is 9.04 Å². The number of carbonyl (C=O) groups is 1. The fraction of sp³-hybridized carbons (Fsp3) is 0.235. The number of anilines is 2. The summed E-state index contributed by atoms with van der Waals surface area (Å²) in [5.41, 5.74) is 0.0415. The van der Waals surface area contributed by atoms with Gasteiger partial charge in [-0.05, 0) is 49.7 Å². The molecule has 0 aromatic heterocycles. The molecule has 7 nitrogen and oxygen atoms in total. The van der Waals surface area contributed by atoms with Crippen LogP contribution in [0.25, 0.3) is 0 Å². The van der Waals surface area contributed by atoms with Crippen molar-refractivity contribution in [3.8, 4) is 5.75 Å². The number of halogens is 1. The molecule has 26 heavy (non-hydrogen) atoms. The molecule has 0 atom stereocenters. The smallest absolute Gasteiger partial charge is 0.364 e. The molecule has 0 unspecified atom stereocenters. The summed E-state index contributed by atoms with van der Waals surface area (Å²) in [7, 11) is -3.57. The third kappa shape index (κ3) is 4.12.